The number of carbonyl (C=O) groups is 1. The smallest absolute Gasteiger partial charge is 0.435 e. The van der Waals surface area contributed by atoms with E-state index in [-0.39, 0.29) is 6.10 Å². The molecule has 1 aliphatic carbocycles. The van der Waals surface area contributed by atoms with Crippen molar-refractivity contribution in [3.63, 3.8) is 0 Å². The van der Waals surface area contributed by atoms with Crippen LogP contribution in [0.25, 0.3) is 0 Å². The van der Waals surface area contributed by atoms with Gasteiger partial charge in [0.05, 0.1) is 12.2 Å². The lowest BCUT2D eigenvalue weighted by atomic mass is 9.78. The first kappa shape index (κ1) is 15.8. The maximum Gasteiger partial charge on any atom is 0.508 e. The van der Waals surface area contributed by atoms with E-state index in [0.29, 0.717) is 32.3 Å². The van der Waals surface area contributed by atoms with Crippen LogP contribution < -0.4 is 0 Å². The van der Waals surface area contributed by atoms with Crippen molar-refractivity contribution in [2.24, 2.45) is 0 Å². The Morgan fingerprint density at radius 1 is 1.24 bits per heavy atom. The molecule has 1 aromatic rings. The molecule has 0 saturated heterocycles. The van der Waals surface area contributed by atoms with Crippen LogP contribution in [0, 0.1) is 0 Å². The Kier molecular flexibility index (Phi) is 5.23. The molecule has 1 aromatic carbocycles. The molecule has 116 valence electrons. The molecule has 0 heterocycles. The molecule has 0 unspecified atom stereocenters. The summed E-state index contributed by atoms with van der Waals surface area (Å²) in [5.41, 5.74) is 1.41. The van der Waals surface area contributed by atoms with E-state index in [1.165, 1.54) is 5.56 Å². The van der Waals surface area contributed by atoms with Crippen molar-refractivity contribution in [1.29, 1.82) is 0 Å². The Morgan fingerprint density at radius 3 is 2.38 bits per heavy atom. The molecule has 1 aliphatic rings. The van der Waals surface area contributed by atoms with E-state index >= 15 is 0 Å². The average molecular weight is 292 g/mol. The van der Waals surface area contributed by atoms with Crippen molar-refractivity contribution in [1.82, 2.24) is 0 Å². The molecule has 21 heavy (non-hydrogen) atoms. The minimum Gasteiger partial charge on any atom is -0.435 e. The molecule has 1 N–H and O–H groups in total. The van der Waals surface area contributed by atoms with E-state index in [9.17, 15) is 9.90 Å². The molecule has 0 bridgehead atoms. The Morgan fingerprint density at radius 2 is 1.86 bits per heavy atom. The summed E-state index contributed by atoms with van der Waals surface area (Å²) in [6, 6.07) is 8.14. The zero-order chi connectivity index (χ0) is 15.3. The minimum atomic E-state index is -0.805. The summed E-state index contributed by atoms with van der Waals surface area (Å²) in [5, 5.41) is 10.8. The lowest BCUT2D eigenvalue weighted by Crippen LogP contribution is -2.35. The fourth-order valence-electron chi connectivity index (χ4n) is 2.81. The number of carbonyl (C=O) groups excluding carboxylic acids is 1. The van der Waals surface area contributed by atoms with E-state index in [0.717, 1.165) is 12.0 Å². The molecule has 0 radical (unpaired) electrons. The van der Waals surface area contributed by atoms with Crippen LogP contribution in [0.3, 0.4) is 0 Å². The number of hydrogen-bond donors (Lipinski definition) is 1. The number of aryl methyl sites for hydroxylation is 1. The monoisotopic (exact) mass is 292 g/mol. The maximum absolute atomic E-state index is 11.3. The molecule has 0 spiro atoms. The zero-order valence-electron chi connectivity index (χ0n) is 12.8. The summed E-state index contributed by atoms with van der Waals surface area (Å²) in [4.78, 5) is 11.3. The Labute approximate surface area is 126 Å². The SMILES string of the molecule is CCOC(=O)OC1CCC(O)(c2ccc(CC)cc2)CC1. The van der Waals surface area contributed by atoms with Crippen LogP contribution in [0.4, 0.5) is 4.79 Å². The summed E-state index contributed by atoms with van der Waals surface area (Å²) in [5.74, 6) is 0. The van der Waals surface area contributed by atoms with Gasteiger partial charge in [0.15, 0.2) is 0 Å². The number of hydrogen-bond acceptors (Lipinski definition) is 4. The fraction of sp³-hybridized carbons (Fsp3) is 0.588. The molecule has 1 saturated carbocycles. The van der Waals surface area contributed by atoms with Crippen LogP contribution in [0.2, 0.25) is 0 Å². The summed E-state index contributed by atoms with van der Waals surface area (Å²) in [6.07, 6.45) is 2.74. The second kappa shape index (κ2) is 6.94. The predicted octanol–water partition coefficient (Wildman–Crippen LogP) is 3.55. The minimum absolute atomic E-state index is 0.153. The molecule has 0 atom stereocenters. The van der Waals surface area contributed by atoms with E-state index in [1.54, 1.807) is 6.92 Å². The van der Waals surface area contributed by atoms with Gasteiger partial charge in [-0.25, -0.2) is 4.79 Å². The Balaban J connectivity index is 1.93. The van der Waals surface area contributed by atoms with Gasteiger partial charge in [-0.2, -0.15) is 0 Å². The van der Waals surface area contributed by atoms with E-state index in [2.05, 4.69) is 19.1 Å². The fourth-order valence-corrected chi connectivity index (χ4v) is 2.81. The normalized spacial score (nSPS) is 25.4. The highest BCUT2D eigenvalue weighted by atomic mass is 16.7. The molecule has 0 aromatic heterocycles. The van der Waals surface area contributed by atoms with Gasteiger partial charge in [-0.05, 0) is 50.2 Å². The lowest BCUT2D eigenvalue weighted by molar-refractivity contribution is -0.0530. The predicted molar refractivity (Wildman–Crippen MR) is 80.1 cm³/mol. The molecule has 0 amide bonds. The van der Waals surface area contributed by atoms with Crippen molar-refractivity contribution >= 4 is 6.16 Å². The first-order chi connectivity index (χ1) is 10.1. The van der Waals surface area contributed by atoms with Crippen molar-refractivity contribution in [2.75, 3.05) is 6.61 Å². The van der Waals surface area contributed by atoms with Crippen molar-refractivity contribution in [2.45, 2.75) is 57.7 Å². The quantitative estimate of drug-likeness (QED) is 0.862. The van der Waals surface area contributed by atoms with Gasteiger partial charge in [0.2, 0.25) is 0 Å². The van der Waals surface area contributed by atoms with E-state index < -0.39 is 11.8 Å². The van der Waals surface area contributed by atoms with Crippen LogP contribution in [-0.4, -0.2) is 24.0 Å². The van der Waals surface area contributed by atoms with Gasteiger partial charge in [0.1, 0.15) is 6.10 Å². The summed E-state index contributed by atoms with van der Waals surface area (Å²) in [6.45, 7) is 4.18. The summed E-state index contributed by atoms with van der Waals surface area (Å²) in [7, 11) is 0. The van der Waals surface area contributed by atoms with Crippen LogP contribution in [0.5, 0.6) is 0 Å². The molecule has 4 nitrogen and oxygen atoms in total. The van der Waals surface area contributed by atoms with Gasteiger partial charge in [0.25, 0.3) is 0 Å². The van der Waals surface area contributed by atoms with Gasteiger partial charge >= 0.3 is 6.16 Å². The molecule has 1 fully saturated rings. The number of ether oxygens (including phenoxy) is 2. The highest BCUT2D eigenvalue weighted by Gasteiger charge is 2.36. The largest absolute Gasteiger partial charge is 0.508 e. The van der Waals surface area contributed by atoms with E-state index in [4.69, 9.17) is 9.47 Å². The average Bonchev–Trinajstić information content (AvgIpc) is 2.50. The highest BCUT2D eigenvalue weighted by Crippen LogP contribution is 2.38. The van der Waals surface area contributed by atoms with Crippen molar-refractivity contribution < 1.29 is 19.4 Å². The summed E-state index contributed by atoms with van der Waals surface area (Å²) >= 11 is 0. The number of aliphatic hydroxyl groups is 1. The van der Waals surface area contributed by atoms with Crippen LogP contribution in [0.15, 0.2) is 24.3 Å². The van der Waals surface area contributed by atoms with Gasteiger partial charge in [-0.15, -0.1) is 0 Å². The third-order valence-electron chi connectivity index (χ3n) is 4.18. The number of rotatable bonds is 4. The second-order valence-electron chi connectivity index (χ2n) is 5.58. The molecular formula is C17H24O4. The van der Waals surface area contributed by atoms with Gasteiger partial charge < -0.3 is 14.6 Å². The van der Waals surface area contributed by atoms with Gasteiger partial charge in [0, 0.05) is 0 Å². The summed E-state index contributed by atoms with van der Waals surface area (Å²) < 4.78 is 10.0. The Hall–Kier alpha value is -1.55. The molecule has 0 aliphatic heterocycles. The Bertz CT molecular complexity index is 458. The molecule has 2 rings (SSSR count). The first-order valence-electron chi connectivity index (χ1n) is 7.72. The lowest BCUT2D eigenvalue weighted by Gasteiger charge is -2.36. The third-order valence-corrected chi connectivity index (χ3v) is 4.18. The van der Waals surface area contributed by atoms with Crippen LogP contribution >= 0.6 is 0 Å². The van der Waals surface area contributed by atoms with Crippen LogP contribution in [-0.2, 0) is 21.5 Å². The van der Waals surface area contributed by atoms with Crippen molar-refractivity contribution in [3.8, 4) is 0 Å². The van der Waals surface area contributed by atoms with Crippen molar-refractivity contribution in [3.05, 3.63) is 35.4 Å². The third kappa shape index (κ3) is 3.97. The van der Waals surface area contributed by atoms with E-state index in [1.807, 2.05) is 12.1 Å². The van der Waals surface area contributed by atoms with Crippen LogP contribution in [0.1, 0.15) is 50.7 Å². The second-order valence-corrected chi connectivity index (χ2v) is 5.58. The number of benzene rings is 1. The maximum atomic E-state index is 11.3. The zero-order valence-corrected chi connectivity index (χ0v) is 12.8. The molecular weight excluding hydrogens is 268 g/mol. The molecule has 4 heteroatoms. The van der Waals surface area contributed by atoms with Gasteiger partial charge in [-0.3, -0.25) is 0 Å². The first-order valence-corrected chi connectivity index (χ1v) is 7.72. The van der Waals surface area contributed by atoms with Gasteiger partial charge in [-0.1, -0.05) is 31.2 Å². The highest BCUT2D eigenvalue weighted by molar-refractivity contribution is 5.60. The standard InChI is InChI=1S/C17H24O4/c1-3-13-5-7-14(8-6-13)17(19)11-9-15(10-12-17)21-16(18)20-4-2/h5-8,15,19H,3-4,9-12H2,1-2H3. The topological polar surface area (TPSA) is 55.8 Å².